The topological polar surface area (TPSA) is 47.9 Å². The first-order valence-electron chi connectivity index (χ1n) is 6.62. The van der Waals surface area contributed by atoms with Crippen LogP contribution in [0.1, 0.15) is 39.5 Å². The number of rotatable bonds is 2. The van der Waals surface area contributed by atoms with Crippen LogP contribution in [-0.4, -0.2) is 48.2 Å². The Labute approximate surface area is 104 Å². The molecule has 17 heavy (non-hydrogen) atoms. The zero-order valence-corrected chi connectivity index (χ0v) is 11.3. The standard InChI is InChI=1S/C13H25N3O/c1-12(2)5-4-6-13(17,9-12)10-15-11-14-7-8-16(11)3/h17H,4-10H2,1-3H3,(H,14,15). The molecule has 2 N–H and O–H groups in total. The van der Waals surface area contributed by atoms with Crippen molar-refractivity contribution in [3.8, 4) is 0 Å². The molecule has 1 saturated carbocycles. The van der Waals surface area contributed by atoms with Gasteiger partial charge in [-0.25, -0.2) is 0 Å². The Morgan fingerprint density at radius 3 is 2.76 bits per heavy atom. The zero-order valence-electron chi connectivity index (χ0n) is 11.3. The van der Waals surface area contributed by atoms with Crippen molar-refractivity contribution in [3.63, 3.8) is 0 Å². The quantitative estimate of drug-likeness (QED) is 0.761. The summed E-state index contributed by atoms with van der Waals surface area (Å²) in [4.78, 5) is 6.50. The number of likely N-dealkylation sites (N-methyl/N-ethyl adjacent to an activating group) is 1. The lowest BCUT2D eigenvalue weighted by Crippen LogP contribution is -2.50. The van der Waals surface area contributed by atoms with Gasteiger partial charge in [-0.3, -0.25) is 4.99 Å². The minimum Gasteiger partial charge on any atom is -0.388 e. The molecule has 0 saturated heterocycles. The largest absolute Gasteiger partial charge is 0.388 e. The summed E-state index contributed by atoms with van der Waals surface area (Å²) < 4.78 is 0. The van der Waals surface area contributed by atoms with E-state index in [9.17, 15) is 5.11 Å². The molecule has 1 aliphatic carbocycles. The number of nitrogens with zero attached hydrogens (tertiary/aromatic N) is 2. The van der Waals surface area contributed by atoms with Gasteiger partial charge in [-0.05, 0) is 31.1 Å². The number of aliphatic imine (C=N–C) groups is 1. The summed E-state index contributed by atoms with van der Waals surface area (Å²) in [5.74, 6) is 0.932. The molecule has 1 unspecified atom stereocenters. The number of hydrogen-bond donors (Lipinski definition) is 2. The second kappa shape index (κ2) is 4.48. The predicted octanol–water partition coefficient (Wildman–Crippen LogP) is 1.21. The van der Waals surface area contributed by atoms with Gasteiger partial charge in [-0.2, -0.15) is 0 Å². The molecule has 2 aliphatic rings. The average molecular weight is 239 g/mol. The highest BCUT2D eigenvalue weighted by Crippen LogP contribution is 2.40. The van der Waals surface area contributed by atoms with Crippen molar-refractivity contribution in [2.24, 2.45) is 10.4 Å². The molecule has 98 valence electrons. The molecule has 4 heteroatoms. The lowest BCUT2D eigenvalue weighted by molar-refractivity contribution is -0.0345. The van der Waals surface area contributed by atoms with Crippen molar-refractivity contribution < 1.29 is 5.11 Å². The van der Waals surface area contributed by atoms with Gasteiger partial charge in [-0.15, -0.1) is 0 Å². The van der Waals surface area contributed by atoms with Crippen molar-refractivity contribution in [1.29, 1.82) is 0 Å². The summed E-state index contributed by atoms with van der Waals surface area (Å²) in [7, 11) is 2.04. The van der Waals surface area contributed by atoms with Crippen LogP contribution in [0, 0.1) is 5.41 Å². The number of hydrogen-bond acceptors (Lipinski definition) is 4. The van der Waals surface area contributed by atoms with Crippen molar-refractivity contribution in [3.05, 3.63) is 0 Å². The Hall–Kier alpha value is -0.770. The Morgan fingerprint density at radius 2 is 2.18 bits per heavy atom. The highest BCUT2D eigenvalue weighted by atomic mass is 16.3. The maximum Gasteiger partial charge on any atom is 0.193 e. The molecule has 1 atom stereocenters. The van der Waals surface area contributed by atoms with Crippen LogP contribution in [0.15, 0.2) is 4.99 Å². The van der Waals surface area contributed by atoms with E-state index >= 15 is 0 Å². The summed E-state index contributed by atoms with van der Waals surface area (Å²) >= 11 is 0. The van der Waals surface area contributed by atoms with Gasteiger partial charge in [0.2, 0.25) is 0 Å². The zero-order chi connectivity index (χ0) is 12.5. The molecule has 0 bridgehead atoms. The first kappa shape index (κ1) is 12.7. The van der Waals surface area contributed by atoms with E-state index < -0.39 is 5.60 Å². The van der Waals surface area contributed by atoms with E-state index in [0.29, 0.717) is 6.54 Å². The van der Waals surface area contributed by atoms with Gasteiger partial charge in [0.25, 0.3) is 0 Å². The molecule has 0 spiro atoms. The van der Waals surface area contributed by atoms with Crippen molar-refractivity contribution in [2.75, 3.05) is 26.7 Å². The van der Waals surface area contributed by atoms with E-state index in [2.05, 4.69) is 29.1 Å². The third-order valence-corrected chi connectivity index (χ3v) is 3.94. The highest BCUT2D eigenvalue weighted by molar-refractivity contribution is 5.81. The van der Waals surface area contributed by atoms with Gasteiger partial charge in [0.15, 0.2) is 5.96 Å². The molecule has 4 nitrogen and oxygen atoms in total. The second-order valence-electron chi connectivity index (χ2n) is 6.40. The Morgan fingerprint density at radius 1 is 1.41 bits per heavy atom. The van der Waals surface area contributed by atoms with Gasteiger partial charge in [0.05, 0.1) is 12.1 Å². The summed E-state index contributed by atoms with van der Waals surface area (Å²) in [5.41, 5.74) is -0.300. The molecule has 2 rings (SSSR count). The van der Waals surface area contributed by atoms with Crippen LogP contribution in [0.4, 0.5) is 0 Å². The molecule has 1 aliphatic heterocycles. The number of aliphatic hydroxyl groups is 1. The van der Waals surface area contributed by atoms with Crippen molar-refractivity contribution in [1.82, 2.24) is 10.2 Å². The normalized spacial score (nSPS) is 32.5. The summed E-state index contributed by atoms with van der Waals surface area (Å²) in [5, 5.41) is 13.9. The van der Waals surface area contributed by atoms with Gasteiger partial charge >= 0.3 is 0 Å². The van der Waals surface area contributed by atoms with Gasteiger partial charge in [0, 0.05) is 20.1 Å². The third kappa shape index (κ3) is 3.12. The van der Waals surface area contributed by atoms with Crippen LogP contribution in [0.25, 0.3) is 0 Å². The molecule has 0 radical (unpaired) electrons. The van der Waals surface area contributed by atoms with E-state index in [0.717, 1.165) is 38.3 Å². The van der Waals surface area contributed by atoms with E-state index in [1.165, 1.54) is 6.42 Å². The first-order chi connectivity index (χ1) is 7.90. The predicted molar refractivity (Wildman–Crippen MR) is 70.1 cm³/mol. The van der Waals surface area contributed by atoms with Crippen LogP contribution in [0.2, 0.25) is 0 Å². The minimum atomic E-state index is -0.562. The van der Waals surface area contributed by atoms with Crippen LogP contribution >= 0.6 is 0 Å². The maximum atomic E-state index is 10.6. The summed E-state index contributed by atoms with van der Waals surface area (Å²) in [6.45, 7) is 6.96. The monoisotopic (exact) mass is 239 g/mol. The van der Waals surface area contributed by atoms with E-state index in [1.807, 2.05) is 7.05 Å². The maximum absolute atomic E-state index is 10.6. The lowest BCUT2D eigenvalue weighted by Gasteiger charge is -2.41. The molecule has 0 aromatic rings. The molecule has 0 aromatic carbocycles. The Kier molecular flexibility index (Phi) is 3.34. The van der Waals surface area contributed by atoms with Crippen LogP contribution < -0.4 is 5.32 Å². The fourth-order valence-electron chi connectivity index (χ4n) is 3.08. The fraction of sp³-hybridized carbons (Fsp3) is 0.923. The third-order valence-electron chi connectivity index (χ3n) is 3.94. The number of guanidine groups is 1. The molecular formula is C13H25N3O. The molecule has 0 amide bonds. The summed E-state index contributed by atoms with van der Waals surface area (Å²) in [6, 6.07) is 0. The molecule has 1 heterocycles. The smallest absolute Gasteiger partial charge is 0.193 e. The molecular weight excluding hydrogens is 214 g/mol. The molecule has 0 aromatic heterocycles. The SMILES string of the molecule is CN1CCN=C1NCC1(O)CCCC(C)(C)C1. The van der Waals surface area contributed by atoms with E-state index in [-0.39, 0.29) is 5.41 Å². The van der Waals surface area contributed by atoms with Crippen LogP contribution in [0.3, 0.4) is 0 Å². The molecule has 1 fully saturated rings. The minimum absolute atomic E-state index is 0.262. The highest BCUT2D eigenvalue weighted by Gasteiger charge is 2.38. The van der Waals surface area contributed by atoms with Gasteiger partial charge in [-0.1, -0.05) is 13.8 Å². The lowest BCUT2D eigenvalue weighted by atomic mass is 9.70. The van der Waals surface area contributed by atoms with E-state index in [1.54, 1.807) is 0 Å². The van der Waals surface area contributed by atoms with Crippen LogP contribution in [0.5, 0.6) is 0 Å². The van der Waals surface area contributed by atoms with Crippen molar-refractivity contribution >= 4 is 5.96 Å². The average Bonchev–Trinajstić information content (AvgIpc) is 2.59. The fourth-order valence-corrected chi connectivity index (χ4v) is 3.08. The Bertz CT molecular complexity index is 314. The Balaban J connectivity index is 1.89. The van der Waals surface area contributed by atoms with Crippen LogP contribution in [-0.2, 0) is 0 Å². The number of nitrogens with one attached hydrogen (secondary N) is 1. The van der Waals surface area contributed by atoms with Gasteiger partial charge in [0.1, 0.15) is 0 Å². The van der Waals surface area contributed by atoms with Crippen molar-refractivity contribution in [2.45, 2.75) is 45.1 Å². The first-order valence-corrected chi connectivity index (χ1v) is 6.62. The van der Waals surface area contributed by atoms with E-state index in [4.69, 9.17) is 0 Å². The summed E-state index contributed by atoms with van der Waals surface area (Å²) in [6.07, 6.45) is 4.12. The van der Waals surface area contributed by atoms with Gasteiger partial charge < -0.3 is 15.3 Å². The second-order valence-corrected chi connectivity index (χ2v) is 6.40.